The van der Waals surface area contributed by atoms with Crippen LogP contribution in [0.2, 0.25) is 0 Å². The van der Waals surface area contributed by atoms with Crippen molar-refractivity contribution in [3.8, 4) is 17.3 Å². The van der Waals surface area contributed by atoms with Gasteiger partial charge in [0, 0.05) is 53.8 Å². The molecule has 3 amide bonds. The molecule has 5 aromatic rings. The maximum absolute atomic E-state index is 15.4. The number of halogens is 5. The number of Topliss-reactive ketones (excluding diaryl/α,β-unsaturated/α-hetero) is 1. The summed E-state index contributed by atoms with van der Waals surface area (Å²) in [6.07, 6.45) is -2.75. The number of alkyl halides is 3. The van der Waals surface area contributed by atoms with Crippen molar-refractivity contribution in [2.24, 2.45) is 0 Å². The van der Waals surface area contributed by atoms with E-state index in [1.54, 1.807) is 0 Å². The number of aromatic nitrogens is 1. The second kappa shape index (κ2) is 15.7. The standard InChI is InChI=1S/C43H35F5N6O4S/c1-42(2)40(58)53(27-13-15-32(43(46,47)48)25(17-27)21-49)41(59)54(42)28-12-14-29(33(45)20-28)39(57)50-16-4-7-36(56)51-22-23-8-10-24(11-9-23)38-30-5-3-6-35(55)31-18-26(44)19-34(52-38)37(30)31/h8-15,17-20,52H,3-7,16,22H2,1-2H3,(H,50,57)(H,51,56). The second-order valence-electron chi connectivity index (χ2n) is 14.8. The summed E-state index contributed by atoms with van der Waals surface area (Å²) in [5.74, 6) is -3.10. The number of aromatic amines is 1. The monoisotopic (exact) mass is 826 g/mol. The third-order valence-corrected chi connectivity index (χ3v) is 10.9. The molecule has 1 aliphatic heterocycles. The fourth-order valence-electron chi connectivity index (χ4n) is 7.56. The Labute approximate surface area is 340 Å². The number of benzene rings is 4. The number of aryl methyl sites for hydroxylation is 1. The van der Waals surface area contributed by atoms with Crippen LogP contribution in [0.1, 0.15) is 82.5 Å². The predicted molar refractivity (Wildman–Crippen MR) is 214 cm³/mol. The van der Waals surface area contributed by atoms with Crippen LogP contribution in [-0.4, -0.2) is 45.7 Å². The number of nitrogens with zero attached hydrogens (tertiary/aromatic N) is 3. The molecule has 7 rings (SSSR count). The van der Waals surface area contributed by atoms with E-state index in [0.29, 0.717) is 36.4 Å². The predicted octanol–water partition coefficient (Wildman–Crippen LogP) is 8.27. The molecule has 1 aliphatic carbocycles. The zero-order valence-corrected chi connectivity index (χ0v) is 32.5. The number of anilines is 2. The van der Waals surface area contributed by atoms with Gasteiger partial charge in [-0.25, -0.2) is 8.78 Å². The largest absolute Gasteiger partial charge is 0.417 e. The summed E-state index contributed by atoms with van der Waals surface area (Å²) in [7, 11) is 0. The van der Waals surface area contributed by atoms with E-state index in [2.05, 4.69) is 15.6 Å². The summed E-state index contributed by atoms with van der Waals surface area (Å²) >= 11 is 5.53. The zero-order valence-electron chi connectivity index (χ0n) is 31.7. The molecular formula is C43H35F5N6O4S. The zero-order chi connectivity index (χ0) is 42.4. The van der Waals surface area contributed by atoms with Crippen LogP contribution in [0, 0.1) is 23.0 Å². The second-order valence-corrected chi connectivity index (χ2v) is 15.2. The van der Waals surface area contributed by atoms with Crippen molar-refractivity contribution >= 4 is 63.1 Å². The number of hydrogen-bond acceptors (Lipinski definition) is 6. The Morgan fingerprint density at radius 1 is 0.949 bits per heavy atom. The molecule has 1 saturated heterocycles. The van der Waals surface area contributed by atoms with E-state index >= 15 is 4.39 Å². The van der Waals surface area contributed by atoms with Gasteiger partial charge in [-0.05, 0) is 111 Å². The molecule has 2 aliphatic rings. The Balaban J connectivity index is 0.919. The maximum Gasteiger partial charge on any atom is 0.417 e. The molecule has 0 unspecified atom stereocenters. The summed E-state index contributed by atoms with van der Waals surface area (Å²) in [5, 5.41) is 15.4. The smallest absolute Gasteiger partial charge is 0.354 e. The summed E-state index contributed by atoms with van der Waals surface area (Å²) in [4.78, 5) is 57.2. The number of rotatable bonds is 10. The van der Waals surface area contributed by atoms with Gasteiger partial charge in [-0.1, -0.05) is 24.3 Å². The number of nitrogens with one attached hydrogen (secondary N) is 3. The number of H-pyrrole nitrogens is 1. The van der Waals surface area contributed by atoms with Crippen LogP contribution in [0.15, 0.2) is 72.8 Å². The third kappa shape index (κ3) is 7.77. The lowest BCUT2D eigenvalue weighted by atomic mass is 9.99. The normalized spacial score (nSPS) is 15.1. The van der Waals surface area contributed by atoms with Crippen LogP contribution >= 0.6 is 12.2 Å². The first-order valence-electron chi connectivity index (χ1n) is 18.6. The first-order chi connectivity index (χ1) is 28.0. The molecule has 10 nitrogen and oxygen atoms in total. The van der Waals surface area contributed by atoms with Gasteiger partial charge in [0.25, 0.3) is 11.8 Å². The Hall–Kier alpha value is -6.47. The average Bonchev–Trinajstić information content (AvgIpc) is 3.56. The van der Waals surface area contributed by atoms with Gasteiger partial charge in [0.15, 0.2) is 10.9 Å². The summed E-state index contributed by atoms with van der Waals surface area (Å²) in [6.45, 7) is 3.30. The highest BCUT2D eigenvalue weighted by molar-refractivity contribution is 7.81. The Kier molecular flexibility index (Phi) is 10.8. The van der Waals surface area contributed by atoms with Crippen molar-refractivity contribution in [3.05, 3.63) is 118 Å². The van der Waals surface area contributed by atoms with E-state index in [-0.39, 0.29) is 59.7 Å². The van der Waals surface area contributed by atoms with E-state index in [9.17, 15) is 42.0 Å². The van der Waals surface area contributed by atoms with E-state index < -0.39 is 46.3 Å². The van der Waals surface area contributed by atoms with Crippen molar-refractivity contribution in [1.82, 2.24) is 15.6 Å². The molecule has 59 heavy (non-hydrogen) atoms. The molecule has 0 radical (unpaired) electrons. The van der Waals surface area contributed by atoms with Gasteiger partial charge in [0.05, 0.1) is 28.4 Å². The molecule has 0 saturated carbocycles. The van der Waals surface area contributed by atoms with E-state index in [1.165, 1.54) is 49.1 Å². The summed E-state index contributed by atoms with van der Waals surface area (Å²) in [5.41, 5.74) is 0.935. The average molecular weight is 827 g/mol. The van der Waals surface area contributed by atoms with Crippen LogP contribution in [0.25, 0.3) is 22.2 Å². The fraction of sp³-hybridized carbons (Fsp3) is 0.256. The Morgan fingerprint density at radius 2 is 1.68 bits per heavy atom. The first kappa shape index (κ1) is 40.7. The molecule has 1 fully saturated rings. The molecule has 2 heterocycles. The van der Waals surface area contributed by atoms with Gasteiger partial charge in [0.2, 0.25) is 5.91 Å². The summed E-state index contributed by atoms with van der Waals surface area (Å²) < 4.78 is 69.9. The van der Waals surface area contributed by atoms with Gasteiger partial charge in [-0.15, -0.1) is 0 Å². The van der Waals surface area contributed by atoms with Gasteiger partial charge in [-0.3, -0.25) is 24.1 Å². The van der Waals surface area contributed by atoms with Crippen LogP contribution in [0.5, 0.6) is 0 Å². The topological polar surface area (TPSA) is 138 Å². The van der Waals surface area contributed by atoms with E-state index in [1.807, 2.05) is 24.3 Å². The maximum atomic E-state index is 15.4. The fourth-order valence-corrected chi connectivity index (χ4v) is 8.08. The number of carbonyl (C=O) groups is 4. The lowest BCUT2D eigenvalue weighted by Crippen LogP contribution is -2.44. The highest BCUT2D eigenvalue weighted by Gasteiger charge is 2.50. The van der Waals surface area contributed by atoms with Gasteiger partial charge in [0.1, 0.15) is 17.2 Å². The van der Waals surface area contributed by atoms with Gasteiger partial charge < -0.3 is 20.5 Å². The molecule has 0 spiro atoms. The van der Waals surface area contributed by atoms with Crippen molar-refractivity contribution in [2.75, 3.05) is 16.3 Å². The Morgan fingerprint density at radius 3 is 2.37 bits per heavy atom. The van der Waals surface area contributed by atoms with Gasteiger partial charge >= 0.3 is 6.18 Å². The third-order valence-electron chi connectivity index (χ3n) is 10.5. The minimum absolute atomic E-state index is 0.0662. The van der Waals surface area contributed by atoms with Crippen molar-refractivity contribution < 1.29 is 41.1 Å². The highest BCUT2D eigenvalue weighted by atomic mass is 32.1. The van der Waals surface area contributed by atoms with Crippen molar-refractivity contribution in [1.29, 1.82) is 5.26 Å². The number of amides is 3. The van der Waals surface area contributed by atoms with Crippen LogP contribution in [0.3, 0.4) is 0 Å². The number of ketones is 1. The van der Waals surface area contributed by atoms with Crippen LogP contribution in [0.4, 0.5) is 33.3 Å². The molecule has 1 aromatic heterocycles. The van der Waals surface area contributed by atoms with E-state index in [0.717, 1.165) is 50.9 Å². The van der Waals surface area contributed by atoms with E-state index in [4.69, 9.17) is 12.2 Å². The van der Waals surface area contributed by atoms with Crippen LogP contribution < -0.4 is 20.4 Å². The molecule has 0 atom stereocenters. The summed E-state index contributed by atoms with van der Waals surface area (Å²) in [6, 6.07) is 18.0. The first-order valence-corrected chi connectivity index (χ1v) is 19.0. The number of hydrogen-bond donors (Lipinski definition) is 3. The lowest BCUT2D eigenvalue weighted by Gasteiger charge is -2.29. The molecule has 3 N–H and O–H groups in total. The molecule has 4 aromatic carbocycles. The molecular weight excluding hydrogens is 792 g/mol. The quantitative estimate of drug-likeness (QED) is 0.0733. The molecule has 16 heteroatoms. The Bertz CT molecular complexity index is 2610. The van der Waals surface area contributed by atoms with Crippen molar-refractivity contribution in [3.63, 3.8) is 0 Å². The molecule has 302 valence electrons. The SMILES string of the molecule is CC1(C)C(=O)N(c2ccc(C(F)(F)F)c(C#N)c2)C(=S)N1c1ccc(C(=O)NCCCC(=O)NCc2ccc(-c3[nH]c4cc(F)cc5c4c3CCCC5=O)cc2)c(F)c1. The van der Waals surface area contributed by atoms with Crippen LogP contribution in [-0.2, 0) is 28.7 Å². The minimum Gasteiger partial charge on any atom is -0.354 e. The molecule has 0 bridgehead atoms. The number of nitriles is 1. The highest BCUT2D eigenvalue weighted by Crippen LogP contribution is 2.40. The number of carbonyl (C=O) groups excluding carboxylic acids is 4. The number of thiocarbonyl (C=S) groups is 1. The minimum atomic E-state index is -4.79. The van der Waals surface area contributed by atoms with Crippen molar-refractivity contribution in [2.45, 2.75) is 64.2 Å². The van der Waals surface area contributed by atoms with Gasteiger partial charge in [-0.2, -0.15) is 18.4 Å². The lowest BCUT2D eigenvalue weighted by molar-refractivity contribution is -0.137.